The largest absolute Gasteiger partial charge is 0.496 e. The van der Waals surface area contributed by atoms with Crippen LogP contribution in [0.3, 0.4) is 0 Å². The minimum absolute atomic E-state index is 0.218. The van der Waals surface area contributed by atoms with Gasteiger partial charge in [-0.05, 0) is 23.8 Å². The van der Waals surface area contributed by atoms with Gasteiger partial charge in [-0.2, -0.15) is 0 Å². The zero-order valence-electron chi connectivity index (χ0n) is 11.1. The van der Waals surface area contributed by atoms with Crippen molar-refractivity contribution in [3.05, 3.63) is 47.8 Å². The standard InChI is InChI=1S/C15H13NO4/c1-19-13-8-10(5-6-11(13)9-17)12-4-3-7-16-14(12)15(18)20-2/h3-9H,1-2H3. The first-order valence-corrected chi connectivity index (χ1v) is 5.88. The molecule has 0 radical (unpaired) electrons. The van der Waals surface area contributed by atoms with E-state index in [0.29, 0.717) is 23.2 Å². The monoisotopic (exact) mass is 271 g/mol. The average molecular weight is 271 g/mol. The zero-order chi connectivity index (χ0) is 14.5. The molecule has 20 heavy (non-hydrogen) atoms. The second-order valence-electron chi connectivity index (χ2n) is 3.97. The number of carbonyl (C=O) groups is 2. The summed E-state index contributed by atoms with van der Waals surface area (Å²) in [6.45, 7) is 0. The molecule has 0 amide bonds. The summed E-state index contributed by atoms with van der Waals surface area (Å²) in [4.78, 5) is 26.6. The molecule has 2 aromatic rings. The van der Waals surface area contributed by atoms with E-state index in [1.165, 1.54) is 20.4 Å². The van der Waals surface area contributed by atoms with Crippen LogP contribution in [0.25, 0.3) is 11.1 Å². The lowest BCUT2D eigenvalue weighted by molar-refractivity contribution is 0.0595. The number of pyridine rings is 1. The van der Waals surface area contributed by atoms with Gasteiger partial charge in [-0.15, -0.1) is 0 Å². The summed E-state index contributed by atoms with van der Waals surface area (Å²) in [7, 11) is 2.79. The Bertz CT molecular complexity index is 652. The third-order valence-electron chi connectivity index (χ3n) is 2.86. The summed E-state index contributed by atoms with van der Waals surface area (Å²) in [5.41, 5.74) is 2.01. The number of esters is 1. The smallest absolute Gasteiger partial charge is 0.357 e. The third kappa shape index (κ3) is 2.51. The van der Waals surface area contributed by atoms with Crippen LogP contribution in [-0.4, -0.2) is 31.5 Å². The summed E-state index contributed by atoms with van der Waals surface area (Å²) >= 11 is 0. The first kappa shape index (κ1) is 13.7. The first-order chi connectivity index (χ1) is 9.71. The maximum atomic E-state index is 11.7. The van der Waals surface area contributed by atoms with Crippen LogP contribution in [-0.2, 0) is 4.74 Å². The third-order valence-corrected chi connectivity index (χ3v) is 2.86. The van der Waals surface area contributed by atoms with Crippen molar-refractivity contribution in [1.29, 1.82) is 0 Å². The molecule has 0 N–H and O–H groups in total. The molecule has 0 atom stereocenters. The number of hydrogen-bond acceptors (Lipinski definition) is 5. The molecule has 0 saturated carbocycles. The van der Waals surface area contributed by atoms with Gasteiger partial charge < -0.3 is 9.47 Å². The predicted octanol–water partition coefficient (Wildman–Crippen LogP) is 2.36. The van der Waals surface area contributed by atoms with Crippen molar-refractivity contribution < 1.29 is 19.1 Å². The molecule has 1 heterocycles. The van der Waals surface area contributed by atoms with Crippen LogP contribution in [0.4, 0.5) is 0 Å². The summed E-state index contributed by atoms with van der Waals surface area (Å²) in [5, 5.41) is 0. The lowest BCUT2D eigenvalue weighted by atomic mass is 10.0. The Morgan fingerprint density at radius 2 is 2.05 bits per heavy atom. The van der Waals surface area contributed by atoms with Gasteiger partial charge >= 0.3 is 5.97 Å². The minimum atomic E-state index is -0.515. The van der Waals surface area contributed by atoms with Crippen molar-refractivity contribution in [2.24, 2.45) is 0 Å². The molecular weight excluding hydrogens is 258 g/mol. The van der Waals surface area contributed by atoms with Crippen LogP contribution >= 0.6 is 0 Å². The number of methoxy groups -OCH3 is 2. The number of aromatic nitrogens is 1. The molecule has 5 heteroatoms. The van der Waals surface area contributed by atoms with E-state index >= 15 is 0 Å². The first-order valence-electron chi connectivity index (χ1n) is 5.88. The molecule has 1 aromatic heterocycles. The molecule has 0 unspecified atom stereocenters. The summed E-state index contributed by atoms with van der Waals surface area (Å²) in [6, 6.07) is 8.54. The van der Waals surface area contributed by atoms with Crippen molar-refractivity contribution in [2.75, 3.05) is 14.2 Å². The van der Waals surface area contributed by atoms with Gasteiger partial charge in [0.05, 0.1) is 19.8 Å². The van der Waals surface area contributed by atoms with Crippen molar-refractivity contribution in [2.45, 2.75) is 0 Å². The van der Waals surface area contributed by atoms with E-state index in [2.05, 4.69) is 4.98 Å². The fourth-order valence-corrected chi connectivity index (χ4v) is 1.87. The molecule has 0 saturated heterocycles. The lowest BCUT2D eigenvalue weighted by Gasteiger charge is -2.09. The van der Waals surface area contributed by atoms with Gasteiger partial charge in [0, 0.05) is 11.8 Å². The van der Waals surface area contributed by atoms with Crippen LogP contribution in [0.5, 0.6) is 5.75 Å². The van der Waals surface area contributed by atoms with Gasteiger partial charge in [-0.25, -0.2) is 9.78 Å². The number of nitrogens with zero attached hydrogens (tertiary/aromatic N) is 1. The minimum Gasteiger partial charge on any atom is -0.496 e. The molecule has 0 aliphatic carbocycles. The quantitative estimate of drug-likeness (QED) is 0.631. The topological polar surface area (TPSA) is 65.5 Å². The lowest BCUT2D eigenvalue weighted by Crippen LogP contribution is -2.06. The second-order valence-corrected chi connectivity index (χ2v) is 3.97. The molecule has 0 aliphatic rings. The van der Waals surface area contributed by atoms with Crippen LogP contribution in [0.15, 0.2) is 36.5 Å². The molecule has 0 bridgehead atoms. The summed E-state index contributed by atoms with van der Waals surface area (Å²) in [6.07, 6.45) is 2.24. The zero-order valence-corrected chi connectivity index (χ0v) is 11.1. The van der Waals surface area contributed by atoms with E-state index in [1.807, 2.05) is 0 Å². The fraction of sp³-hybridized carbons (Fsp3) is 0.133. The maximum Gasteiger partial charge on any atom is 0.357 e. The Morgan fingerprint density at radius 1 is 1.25 bits per heavy atom. The molecular formula is C15H13NO4. The number of rotatable bonds is 4. The highest BCUT2D eigenvalue weighted by atomic mass is 16.5. The normalized spacial score (nSPS) is 9.90. The van der Waals surface area contributed by atoms with Crippen LogP contribution < -0.4 is 4.74 Å². The van der Waals surface area contributed by atoms with Crippen molar-refractivity contribution in [3.8, 4) is 16.9 Å². The Balaban J connectivity index is 2.57. The number of hydrogen-bond donors (Lipinski definition) is 0. The molecule has 0 spiro atoms. The van der Waals surface area contributed by atoms with Crippen LogP contribution in [0.2, 0.25) is 0 Å². The van der Waals surface area contributed by atoms with Gasteiger partial charge in [-0.3, -0.25) is 4.79 Å². The maximum absolute atomic E-state index is 11.7. The van der Waals surface area contributed by atoms with Gasteiger partial charge in [0.15, 0.2) is 12.0 Å². The van der Waals surface area contributed by atoms with Crippen molar-refractivity contribution >= 4 is 12.3 Å². The van der Waals surface area contributed by atoms with Crippen LogP contribution in [0, 0.1) is 0 Å². The van der Waals surface area contributed by atoms with Crippen LogP contribution in [0.1, 0.15) is 20.8 Å². The fourth-order valence-electron chi connectivity index (χ4n) is 1.87. The van der Waals surface area contributed by atoms with Gasteiger partial charge in [0.25, 0.3) is 0 Å². The summed E-state index contributed by atoms with van der Waals surface area (Å²) in [5.74, 6) is -0.0730. The predicted molar refractivity (Wildman–Crippen MR) is 73.0 cm³/mol. The van der Waals surface area contributed by atoms with E-state index in [9.17, 15) is 9.59 Å². The Kier molecular flexibility index (Phi) is 4.10. The number of carbonyl (C=O) groups excluding carboxylic acids is 2. The highest BCUT2D eigenvalue weighted by molar-refractivity contribution is 5.95. The van der Waals surface area contributed by atoms with E-state index in [4.69, 9.17) is 9.47 Å². The van der Waals surface area contributed by atoms with Gasteiger partial charge in [0.2, 0.25) is 0 Å². The van der Waals surface area contributed by atoms with E-state index < -0.39 is 5.97 Å². The second kappa shape index (κ2) is 5.97. The van der Waals surface area contributed by atoms with E-state index in [1.54, 1.807) is 30.3 Å². The Labute approximate surface area is 116 Å². The molecule has 1 aromatic carbocycles. The Morgan fingerprint density at radius 3 is 2.70 bits per heavy atom. The summed E-state index contributed by atoms with van der Waals surface area (Å²) < 4.78 is 9.87. The van der Waals surface area contributed by atoms with E-state index in [-0.39, 0.29) is 5.69 Å². The highest BCUT2D eigenvalue weighted by Gasteiger charge is 2.15. The molecule has 0 fully saturated rings. The SMILES string of the molecule is COC(=O)c1ncccc1-c1ccc(C=O)c(OC)c1. The highest BCUT2D eigenvalue weighted by Crippen LogP contribution is 2.28. The number of benzene rings is 1. The van der Waals surface area contributed by atoms with Crippen molar-refractivity contribution in [1.82, 2.24) is 4.98 Å². The van der Waals surface area contributed by atoms with Gasteiger partial charge in [-0.1, -0.05) is 12.1 Å². The van der Waals surface area contributed by atoms with E-state index in [0.717, 1.165) is 5.56 Å². The molecule has 102 valence electrons. The molecule has 5 nitrogen and oxygen atoms in total. The number of ether oxygens (including phenoxy) is 2. The van der Waals surface area contributed by atoms with Gasteiger partial charge in [0.1, 0.15) is 5.75 Å². The average Bonchev–Trinajstić information content (AvgIpc) is 2.53. The Hall–Kier alpha value is -2.69. The molecule has 0 aliphatic heterocycles. The van der Waals surface area contributed by atoms with Crippen molar-refractivity contribution in [3.63, 3.8) is 0 Å². The molecule has 2 rings (SSSR count). The number of aldehydes is 1.